The first-order valence-electron chi connectivity index (χ1n) is 9.31. The Morgan fingerprint density at radius 2 is 1.53 bits per heavy atom. The molecule has 0 saturated carbocycles. The summed E-state index contributed by atoms with van der Waals surface area (Å²) < 4.78 is 32.0. The van der Waals surface area contributed by atoms with Gasteiger partial charge in [-0.3, -0.25) is 14.4 Å². The summed E-state index contributed by atoms with van der Waals surface area (Å²) in [6.07, 6.45) is 0. The minimum Gasteiger partial charge on any atom is -0.460 e. The van der Waals surface area contributed by atoms with Crippen molar-refractivity contribution in [2.24, 2.45) is 0 Å². The Bertz CT molecular complexity index is 1100. The van der Waals surface area contributed by atoms with Crippen molar-refractivity contribution < 1.29 is 27.5 Å². The maximum Gasteiger partial charge on any atom is 0.321 e. The summed E-state index contributed by atoms with van der Waals surface area (Å²) in [6.45, 7) is 7.78. The van der Waals surface area contributed by atoms with Gasteiger partial charge in [0.2, 0.25) is 10.0 Å². The molecule has 0 atom stereocenters. The van der Waals surface area contributed by atoms with E-state index in [4.69, 9.17) is 4.74 Å². The van der Waals surface area contributed by atoms with E-state index in [0.29, 0.717) is 11.1 Å². The number of ketones is 2. The first-order chi connectivity index (χ1) is 13.9. The van der Waals surface area contributed by atoms with E-state index < -0.39 is 22.5 Å². The fourth-order valence-corrected chi connectivity index (χ4v) is 4.27. The molecule has 0 unspecified atom stereocenters. The highest BCUT2D eigenvalue weighted by atomic mass is 32.2. The predicted molar refractivity (Wildman–Crippen MR) is 112 cm³/mol. The van der Waals surface area contributed by atoms with Gasteiger partial charge in [0, 0.05) is 11.1 Å². The molecular formula is C22H25NO6S. The summed E-state index contributed by atoms with van der Waals surface area (Å²) in [5.41, 5.74) is 4.20. The number of hydrogen-bond acceptors (Lipinski definition) is 6. The lowest BCUT2D eigenvalue weighted by atomic mass is 9.92. The summed E-state index contributed by atoms with van der Waals surface area (Å²) in [6, 6.07) is 7.27. The number of sulfonamides is 1. The number of carbonyl (C=O) groups is 3. The maximum absolute atomic E-state index is 12.3. The predicted octanol–water partition coefficient (Wildman–Crippen LogP) is 3.04. The molecule has 0 radical (unpaired) electrons. The van der Waals surface area contributed by atoms with Crippen molar-refractivity contribution in [1.29, 1.82) is 0 Å². The summed E-state index contributed by atoms with van der Waals surface area (Å²) >= 11 is 0. The fraction of sp³-hybridized carbons (Fsp3) is 0.318. The molecule has 0 fully saturated rings. The Morgan fingerprint density at radius 3 is 2.07 bits per heavy atom. The molecule has 0 aliphatic carbocycles. The molecule has 0 spiro atoms. The van der Waals surface area contributed by atoms with E-state index in [1.165, 1.54) is 38.1 Å². The van der Waals surface area contributed by atoms with Crippen molar-refractivity contribution >= 4 is 27.6 Å². The van der Waals surface area contributed by atoms with E-state index in [-0.39, 0.29) is 23.1 Å². The number of hydrogen-bond donors (Lipinski definition) is 1. The second-order valence-electron chi connectivity index (χ2n) is 7.11. The Balaban J connectivity index is 2.04. The van der Waals surface area contributed by atoms with Crippen molar-refractivity contribution in [2.75, 3.05) is 6.54 Å². The van der Waals surface area contributed by atoms with Gasteiger partial charge in [-0.1, -0.05) is 18.2 Å². The van der Waals surface area contributed by atoms with Crippen LogP contribution < -0.4 is 4.72 Å². The molecule has 0 heterocycles. The number of benzene rings is 2. The van der Waals surface area contributed by atoms with Crippen LogP contribution in [-0.2, 0) is 26.2 Å². The van der Waals surface area contributed by atoms with Gasteiger partial charge in [-0.05, 0) is 69.0 Å². The third-order valence-electron chi connectivity index (χ3n) is 4.84. The van der Waals surface area contributed by atoms with Crippen LogP contribution in [0.5, 0.6) is 0 Å². The van der Waals surface area contributed by atoms with Crippen LogP contribution in [0.15, 0.2) is 35.2 Å². The number of aryl methyl sites for hydroxylation is 2. The minimum absolute atomic E-state index is 0.0587. The SMILES string of the molecule is CC(=O)c1ccc(S(=O)(=O)NCC(=O)OCc2c(C)cc(C)c(C(C)=O)c2C)cc1. The van der Waals surface area contributed by atoms with Crippen LogP contribution in [0.2, 0.25) is 0 Å². The maximum atomic E-state index is 12.3. The minimum atomic E-state index is -3.93. The Labute approximate surface area is 176 Å². The van der Waals surface area contributed by atoms with E-state index in [2.05, 4.69) is 4.72 Å². The molecule has 160 valence electrons. The molecule has 2 aromatic carbocycles. The highest BCUT2D eigenvalue weighted by Gasteiger charge is 2.18. The van der Waals surface area contributed by atoms with Crippen LogP contribution in [-0.4, -0.2) is 32.5 Å². The van der Waals surface area contributed by atoms with Gasteiger partial charge in [-0.2, -0.15) is 4.72 Å². The molecule has 7 nitrogen and oxygen atoms in total. The zero-order chi connectivity index (χ0) is 22.6. The lowest BCUT2D eigenvalue weighted by Crippen LogP contribution is -2.30. The average molecular weight is 432 g/mol. The molecular weight excluding hydrogens is 406 g/mol. The van der Waals surface area contributed by atoms with Crippen molar-refractivity contribution in [1.82, 2.24) is 4.72 Å². The Morgan fingerprint density at radius 1 is 0.933 bits per heavy atom. The van der Waals surface area contributed by atoms with Crippen LogP contribution in [0.4, 0.5) is 0 Å². The third-order valence-corrected chi connectivity index (χ3v) is 6.26. The standard InChI is InChI=1S/C22H25NO6S/c1-13-10-14(2)22(17(5)25)15(3)20(13)12-29-21(26)11-23-30(27,28)19-8-6-18(7-9-19)16(4)24/h6-10,23H,11-12H2,1-5H3. The second-order valence-corrected chi connectivity index (χ2v) is 8.88. The molecule has 8 heteroatoms. The van der Waals surface area contributed by atoms with E-state index in [9.17, 15) is 22.8 Å². The van der Waals surface area contributed by atoms with Crippen molar-refractivity contribution in [3.8, 4) is 0 Å². The fourth-order valence-electron chi connectivity index (χ4n) is 3.30. The van der Waals surface area contributed by atoms with Gasteiger partial charge in [0.1, 0.15) is 13.2 Å². The zero-order valence-corrected chi connectivity index (χ0v) is 18.5. The van der Waals surface area contributed by atoms with Crippen LogP contribution in [0.25, 0.3) is 0 Å². The first-order valence-corrected chi connectivity index (χ1v) is 10.8. The normalized spacial score (nSPS) is 11.2. The number of carbonyl (C=O) groups excluding carboxylic acids is 3. The van der Waals surface area contributed by atoms with Crippen molar-refractivity contribution in [3.63, 3.8) is 0 Å². The average Bonchev–Trinajstić information content (AvgIpc) is 2.65. The summed E-state index contributed by atoms with van der Waals surface area (Å²) in [5.74, 6) is -0.992. The molecule has 30 heavy (non-hydrogen) atoms. The largest absolute Gasteiger partial charge is 0.460 e. The molecule has 2 rings (SSSR count). The smallest absolute Gasteiger partial charge is 0.321 e. The van der Waals surface area contributed by atoms with Gasteiger partial charge in [-0.25, -0.2) is 8.42 Å². The molecule has 1 N–H and O–H groups in total. The van der Waals surface area contributed by atoms with Crippen LogP contribution >= 0.6 is 0 Å². The number of rotatable bonds is 8. The van der Waals surface area contributed by atoms with Crippen LogP contribution in [0.3, 0.4) is 0 Å². The van der Waals surface area contributed by atoms with E-state index in [1.54, 1.807) is 6.92 Å². The molecule has 0 aliphatic heterocycles. The number of nitrogens with one attached hydrogen (secondary N) is 1. The lowest BCUT2D eigenvalue weighted by Gasteiger charge is -2.16. The molecule has 0 bridgehead atoms. The first kappa shape index (κ1) is 23.4. The quantitative estimate of drug-likeness (QED) is 0.509. The summed E-state index contributed by atoms with van der Waals surface area (Å²) in [5, 5.41) is 0. The summed E-state index contributed by atoms with van der Waals surface area (Å²) in [4.78, 5) is 35.2. The van der Waals surface area contributed by atoms with Gasteiger partial charge < -0.3 is 4.74 Å². The van der Waals surface area contributed by atoms with E-state index >= 15 is 0 Å². The van der Waals surface area contributed by atoms with Crippen LogP contribution in [0, 0.1) is 20.8 Å². The molecule has 0 saturated heterocycles. The van der Waals surface area contributed by atoms with Gasteiger partial charge in [0.25, 0.3) is 0 Å². The van der Waals surface area contributed by atoms with Crippen LogP contribution in [0.1, 0.15) is 56.8 Å². The van der Waals surface area contributed by atoms with E-state index in [1.807, 2.05) is 19.9 Å². The van der Waals surface area contributed by atoms with Gasteiger partial charge in [-0.15, -0.1) is 0 Å². The Hall–Kier alpha value is -2.84. The van der Waals surface area contributed by atoms with Crippen molar-refractivity contribution in [2.45, 2.75) is 46.1 Å². The summed E-state index contributed by atoms with van der Waals surface area (Å²) in [7, 11) is -3.93. The number of esters is 1. The molecule has 0 amide bonds. The lowest BCUT2D eigenvalue weighted by molar-refractivity contribution is -0.143. The monoisotopic (exact) mass is 431 g/mol. The molecule has 2 aromatic rings. The number of Topliss-reactive ketones (excluding diaryl/α,β-unsaturated/α-hetero) is 2. The van der Waals surface area contributed by atoms with Gasteiger partial charge in [0.15, 0.2) is 11.6 Å². The highest BCUT2D eigenvalue weighted by molar-refractivity contribution is 7.89. The third kappa shape index (κ3) is 5.40. The Kier molecular flexibility index (Phi) is 7.28. The van der Waals surface area contributed by atoms with Gasteiger partial charge in [0.05, 0.1) is 4.90 Å². The van der Waals surface area contributed by atoms with Gasteiger partial charge >= 0.3 is 5.97 Å². The molecule has 0 aliphatic rings. The topological polar surface area (TPSA) is 107 Å². The number of ether oxygens (including phenoxy) is 1. The van der Waals surface area contributed by atoms with E-state index in [0.717, 1.165) is 22.3 Å². The van der Waals surface area contributed by atoms with Crippen molar-refractivity contribution in [3.05, 3.63) is 63.7 Å². The zero-order valence-electron chi connectivity index (χ0n) is 17.7. The molecule has 0 aromatic heterocycles. The second kappa shape index (κ2) is 9.32. The highest BCUT2D eigenvalue weighted by Crippen LogP contribution is 2.23.